The summed E-state index contributed by atoms with van der Waals surface area (Å²) < 4.78 is 20.2. The lowest BCUT2D eigenvalue weighted by atomic mass is 10.2. The number of rotatable bonds is 7. The van der Waals surface area contributed by atoms with Crippen molar-refractivity contribution in [2.45, 2.75) is 19.8 Å². The number of halogens is 1. The molecule has 0 aliphatic carbocycles. The minimum Gasteiger partial charge on any atom is -0.441 e. The summed E-state index contributed by atoms with van der Waals surface area (Å²) in [6.45, 7) is 1.78. The first-order valence-electron chi connectivity index (χ1n) is 9.71. The van der Waals surface area contributed by atoms with E-state index in [1.807, 2.05) is 0 Å². The van der Waals surface area contributed by atoms with E-state index in [4.69, 9.17) is 4.42 Å². The number of carbonyl (C=O) groups excluding carboxylic acids is 1. The van der Waals surface area contributed by atoms with E-state index in [2.05, 4.69) is 15.4 Å². The third kappa shape index (κ3) is 4.69. The Morgan fingerprint density at radius 2 is 1.91 bits per heavy atom. The lowest BCUT2D eigenvalue weighted by Gasteiger charge is -2.08. The zero-order valence-corrected chi connectivity index (χ0v) is 17.0. The Bertz CT molecular complexity index is 1260. The summed E-state index contributed by atoms with van der Waals surface area (Å²) in [6, 6.07) is 13.4. The molecule has 0 spiro atoms. The monoisotopic (exact) mass is 435 g/mol. The molecule has 162 valence electrons. The van der Waals surface area contributed by atoms with Crippen LogP contribution in [0.15, 0.2) is 65.2 Å². The number of nitrogens with one attached hydrogen (secondary N) is 1. The lowest BCUT2D eigenvalue weighted by molar-refractivity contribution is -0.384. The number of non-ortho nitro benzene ring substituents is 1. The summed E-state index contributed by atoms with van der Waals surface area (Å²) in [6.07, 6.45) is 1.93. The molecule has 0 saturated heterocycles. The summed E-state index contributed by atoms with van der Waals surface area (Å²) in [5.41, 5.74) is 1.91. The largest absolute Gasteiger partial charge is 0.441 e. The third-order valence-corrected chi connectivity index (χ3v) is 4.65. The van der Waals surface area contributed by atoms with Gasteiger partial charge in [0.25, 0.3) is 5.69 Å². The van der Waals surface area contributed by atoms with E-state index in [-0.39, 0.29) is 30.3 Å². The number of benzene rings is 2. The molecule has 0 saturated carbocycles. The highest BCUT2D eigenvalue weighted by Crippen LogP contribution is 2.22. The molecule has 0 unspecified atom stereocenters. The Hall–Kier alpha value is -4.34. The molecule has 9 nitrogen and oxygen atoms in total. The predicted molar refractivity (Wildman–Crippen MR) is 114 cm³/mol. The van der Waals surface area contributed by atoms with Crippen LogP contribution in [0.3, 0.4) is 0 Å². The van der Waals surface area contributed by atoms with E-state index < -0.39 is 4.92 Å². The zero-order valence-electron chi connectivity index (χ0n) is 17.0. The molecule has 0 fully saturated rings. The maximum Gasteiger partial charge on any atom is 0.269 e. The number of anilines is 1. The van der Waals surface area contributed by atoms with Gasteiger partial charge < -0.3 is 9.73 Å². The molecule has 2 aromatic heterocycles. The fourth-order valence-electron chi connectivity index (χ4n) is 3.10. The fraction of sp³-hybridized carbons (Fsp3) is 0.136. The second-order valence-electron chi connectivity index (χ2n) is 7.03. The molecule has 4 aromatic rings. The Labute approximate surface area is 181 Å². The minimum absolute atomic E-state index is 0.0332. The van der Waals surface area contributed by atoms with Gasteiger partial charge in [0.15, 0.2) is 11.7 Å². The Morgan fingerprint density at radius 1 is 1.19 bits per heavy atom. The highest BCUT2D eigenvalue weighted by atomic mass is 19.1. The van der Waals surface area contributed by atoms with Crippen molar-refractivity contribution >= 4 is 17.4 Å². The molecule has 2 aromatic carbocycles. The van der Waals surface area contributed by atoms with Crippen LogP contribution in [-0.4, -0.2) is 25.6 Å². The molecule has 0 aliphatic heterocycles. The summed E-state index contributed by atoms with van der Waals surface area (Å²) in [7, 11) is 0. The molecule has 4 rings (SSSR count). The number of nitro groups is 1. The summed E-state index contributed by atoms with van der Waals surface area (Å²) in [5, 5.41) is 18.0. The van der Waals surface area contributed by atoms with Gasteiger partial charge in [-0.1, -0.05) is 0 Å². The Balaban J connectivity index is 1.41. The maximum absolute atomic E-state index is 13.1. The molecule has 1 amide bonds. The van der Waals surface area contributed by atoms with Gasteiger partial charge >= 0.3 is 0 Å². The number of aryl methyl sites for hydroxylation is 2. The first-order chi connectivity index (χ1) is 15.4. The van der Waals surface area contributed by atoms with Crippen LogP contribution in [0.4, 0.5) is 15.9 Å². The van der Waals surface area contributed by atoms with Crippen molar-refractivity contribution in [1.82, 2.24) is 14.8 Å². The van der Waals surface area contributed by atoms with E-state index in [1.54, 1.807) is 37.3 Å². The van der Waals surface area contributed by atoms with Crippen molar-refractivity contribution in [1.29, 1.82) is 0 Å². The average molecular weight is 435 g/mol. The number of nitro benzene ring substituents is 1. The molecular weight excluding hydrogens is 417 g/mol. The van der Waals surface area contributed by atoms with E-state index >= 15 is 0 Å². The number of carbonyl (C=O) groups is 1. The number of hydrogen-bond donors (Lipinski definition) is 1. The summed E-state index contributed by atoms with van der Waals surface area (Å²) >= 11 is 0. The molecule has 1 N–H and O–H groups in total. The fourth-order valence-corrected chi connectivity index (χ4v) is 3.10. The van der Waals surface area contributed by atoms with Gasteiger partial charge in [0, 0.05) is 36.6 Å². The highest BCUT2D eigenvalue weighted by Gasteiger charge is 2.14. The molecule has 32 heavy (non-hydrogen) atoms. The smallest absolute Gasteiger partial charge is 0.269 e. The van der Waals surface area contributed by atoms with Gasteiger partial charge in [0.05, 0.1) is 22.5 Å². The Kier molecular flexibility index (Phi) is 5.75. The van der Waals surface area contributed by atoms with Gasteiger partial charge in [0.1, 0.15) is 11.6 Å². The van der Waals surface area contributed by atoms with Crippen molar-refractivity contribution in [3.8, 4) is 17.0 Å². The van der Waals surface area contributed by atoms with Crippen LogP contribution >= 0.6 is 0 Å². The minimum atomic E-state index is -0.481. The number of amides is 1. The first kappa shape index (κ1) is 20.9. The van der Waals surface area contributed by atoms with E-state index in [1.165, 1.54) is 35.1 Å². The van der Waals surface area contributed by atoms with Gasteiger partial charge in [-0.15, -0.1) is 0 Å². The van der Waals surface area contributed by atoms with Crippen LogP contribution in [0.2, 0.25) is 0 Å². The number of hydrogen-bond acceptors (Lipinski definition) is 6. The van der Waals surface area contributed by atoms with Gasteiger partial charge in [-0.25, -0.2) is 14.1 Å². The zero-order chi connectivity index (χ0) is 22.7. The Morgan fingerprint density at radius 3 is 2.59 bits per heavy atom. The molecular formula is C22H18FN5O4. The van der Waals surface area contributed by atoms with Crippen LogP contribution in [-0.2, 0) is 11.2 Å². The topological polar surface area (TPSA) is 116 Å². The second-order valence-corrected chi connectivity index (χ2v) is 7.03. The van der Waals surface area contributed by atoms with Gasteiger partial charge in [-0.3, -0.25) is 14.9 Å². The molecule has 2 heterocycles. The van der Waals surface area contributed by atoms with Gasteiger partial charge in [0.2, 0.25) is 5.91 Å². The molecule has 0 radical (unpaired) electrons. The van der Waals surface area contributed by atoms with Crippen molar-refractivity contribution < 1.29 is 18.5 Å². The molecule has 0 atom stereocenters. The van der Waals surface area contributed by atoms with Gasteiger partial charge in [-0.2, -0.15) is 5.10 Å². The first-order valence-corrected chi connectivity index (χ1v) is 9.71. The van der Waals surface area contributed by atoms with Crippen LogP contribution in [0.25, 0.3) is 17.0 Å². The van der Waals surface area contributed by atoms with Crippen LogP contribution in [0, 0.1) is 22.9 Å². The van der Waals surface area contributed by atoms with Crippen LogP contribution in [0.1, 0.15) is 18.0 Å². The summed E-state index contributed by atoms with van der Waals surface area (Å²) in [4.78, 5) is 27.0. The highest BCUT2D eigenvalue weighted by molar-refractivity contribution is 5.90. The number of aromatic nitrogens is 3. The van der Waals surface area contributed by atoms with E-state index in [9.17, 15) is 19.3 Å². The normalized spacial score (nSPS) is 10.8. The summed E-state index contributed by atoms with van der Waals surface area (Å²) in [5.74, 6) is 0.718. The van der Waals surface area contributed by atoms with Crippen molar-refractivity contribution in [2.24, 2.45) is 0 Å². The standard InChI is InChI=1S/C22H18FN5O4/c1-14-12-20(27(26-14)17-6-8-18(9-7-17)28(30)31)25-21(29)10-11-22-24-13-19(32-22)15-2-4-16(23)5-3-15/h2-9,12-13H,10-11H2,1H3,(H,25,29). The maximum atomic E-state index is 13.1. The molecule has 0 bridgehead atoms. The molecule has 0 aliphatic rings. The van der Waals surface area contributed by atoms with Crippen molar-refractivity contribution in [2.75, 3.05) is 5.32 Å². The third-order valence-electron chi connectivity index (χ3n) is 4.65. The quantitative estimate of drug-likeness (QED) is 0.339. The van der Waals surface area contributed by atoms with Crippen LogP contribution < -0.4 is 5.32 Å². The SMILES string of the molecule is Cc1cc(NC(=O)CCc2ncc(-c3ccc(F)cc3)o2)n(-c2ccc([N+](=O)[O-])cc2)n1. The number of nitrogens with zero attached hydrogens (tertiary/aromatic N) is 4. The average Bonchev–Trinajstić information content (AvgIpc) is 3.39. The van der Waals surface area contributed by atoms with E-state index in [0.717, 1.165) is 0 Å². The van der Waals surface area contributed by atoms with E-state index in [0.29, 0.717) is 34.4 Å². The second kappa shape index (κ2) is 8.80. The molecule has 10 heteroatoms. The lowest BCUT2D eigenvalue weighted by Crippen LogP contribution is -2.15. The van der Waals surface area contributed by atoms with Crippen molar-refractivity contribution in [3.05, 3.63) is 88.3 Å². The number of oxazole rings is 1. The van der Waals surface area contributed by atoms with Gasteiger partial charge in [-0.05, 0) is 43.3 Å². The predicted octanol–water partition coefficient (Wildman–Crippen LogP) is 4.45. The van der Waals surface area contributed by atoms with Crippen LogP contribution in [0.5, 0.6) is 0 Å². The van der Waals surface area contributed by atoms with Crippen molar-refractivity contribution in [3.63, 3.8) is 0 Å².